The maximum absolute atomic E-state index is 2.53. The number of anilines is 6. The molecule has 0 radical (unpaired) electrons. The minimum atomic E-state index is -0.629. The highest BCUT2D eigenvalue weighted by atomic mass is 15.2. The van der Waals surface area contributed by atoms with Crippen molar-refractivity contribution in [1.82, 2.24) is 4.57 Å². The van der Waals surface area contributed by atoms with E-state index in [1.165, 1.54) is 71.9 Å². The minimum Gasteiger partial charge on any atom is -0.310 e. The van der Waals surface area contributed by atoms with Gasteiger partial charge in [0.05, 0.1) is 22.1 Å². The third kappa shape index (κ3) is 5.95. The average molecular weight is 892 g/mol. The molecular weight excluding hydrogens is 847 g/mol. The van der Waals surface area contributed by atoms with Crippen molar-refractivity contribution in [3.8, 4) is 39.1 Å². The van der Waals surface area contributed by atoms with Crippen LogP contribution in [0.5, 0.6) is 0 Å². The minimum absolute atomic E-state index is 0.629. The van der Waals surface area contributed by atoms with Crippen molar-refractivity contribution in [3.63, 3.8) is 0 Å². The zero-order chi connectivity index (χ0) is 46.2. The van der Waals surface area contributed by atoms with Crippen LogP contribution < -0.4 is 9.80 Å². The van der Waals surface area contributed by atoms with Gasteiger partial charge in [0.25, 0.3) is 0 Å². The van der Waals surface area contributed by atoms with E-state index in [0.717, 1.165) is 45.3 Å². The number of rotatable bonds is 8. The monoisotopic (exact) mass is 891 g/mol. The Labute approximate surface area is 408 Å². The van der Waals surface area contributed by atoms with Crippen LogP contribution in [0.3, 0.4) is 0 Å². The molecule has 1 atom stereocenters. The molecule has 1 aromatic heterocycles. The van der Waals surface area contributed by atoms with Gasteiger partial charge < -0.3 is 14.4 Å². The van der Waals surface area contributed by atoms with Gasteiger partial charge in [-0.15, -0.1) is 0 Å². The summed E-state index contributed by atoms with van der Waals surface area (Å²) in [5.74, 6) is 0. The van der Waals surface area contributed by atoms with Crippen LogP contribution in [0.1, 0.15) is 22.3 Å². The summed E-state index contributed by atoms with van der Waals surface area (Å²) >= 11 is 0. The summed E-state index contributed by atoms with van der Waals surface area (Å²) in [6.45, 7) is 0. The molecule has 1 spiro atoms. The lowest BCUT2D eigenvalue weighted by Crippen LogP contribution is -2.28. The van der Waals surface area contributed by atoms with Crippen molar-refractivity contribution in [2.75, 3.05) is 9.80 Å². The fourth-order valence-electron chi connectivity index (χ4n) is 11.9. The first-order valence-electron chi connectivity index (χ1n) is 24.2. The maximum atomic E-state index is 2.53. The van der Waals surface area contributed by atoms with E-state index in [-0.39, 0.29) is 0 Å². The van der Waals surface area contributed by atoms with Crippen LogP contribution in [-0.4, -0.2) is 4.57 Å². The first-order chi connectivity index (χ1) is 34.8. The number of fused-ring (bicyclic) bond motifs is 13. The Morgan fingerprint density at radius 1 is 0.286 bits per heavy atom. The summed E-state index contributed by atoms with van der Waals surface area (Å²) in [7, 11) is 0. The molecule has 1 unspecified atom stereocenters. The predicted octanol–water partition coefficient (Wildman–Crippen LogP) is 17.7. The van der Waals surface area contributed by atoms with Crippen molar-refractivity contribution >= 4 is 55.9 Å². The highest BCUT2D eigenvalue weighted by Gasteiger charge is 2.53. The number of hydrogen-bond acceptors (Lipinski definition) is 2. The third-order valence-corrected chi connectivity index (χ3v) is 14.7. The Morgan fingerprint density at radius 3 is 1.51 bits per heavy atom. The molecule has 0 amide bonds. The second-order valence-electron chi connectivity index (χ2n) is 18.4. The van der Waals surface area contributed by atoms with Gasteiger partial charge in [-0.1, -0.05) is 188 Å². The van der Waals surface area contributed by atoms with Crippen LogP contribution in [0.4, 0.5) is 34.1 Å². The highest BCUT2D eigenvalue weighted by molar-refractivity contribution is 6.11. The average Bonchev–Trinajstić information content (AvgIpc) is 4.04. The quantitative estimate of drug-likeness (QED) is 0.151. The molecule has 2 aliphatic rings. The standard InChI is InChI=1S/C67H45N3/c1-5-21-46(22-6-1)47-23-19-30-51(43-47)69(53-39-41-57-56-33-15-18-37-63(56)70(65(57)45-53)50-28-11-4-12-29-50)64-38-20-34-58-54-31-13-16-35-60(54)67(66(58)64)61-36-17-14-32-55(61)59-44-52(40-42-62(59)67)68(48-24-7-2-8-25-48)49-26-9-3-10-27-49/h1-45H. The largest absolute Gasteiger partial charge is 0.310 e. The van der Waals surface area contributed by atoms with Crippen molar-refractivity contribution in [2.45, 2.75) is 5.41 Å². The molecule has 3 heteroatoms. The van der Waals surface area contributed by atoms with Crippen LogP contribution in [-0.2, 0) is 5.41 Å². The molecule has 1 heterocycles. The fraction of sp³-hybridized carbons (Fsp3) is 0.0149. The van der Waals surface area contributed by atoms with Crippen molar-refractivity contribution in [2.24, 2.45) is 0 Å². The maximum Gasteiger partial charge on any atom is 0.0746 e. The van der Waals surface area contributed by atoms with E-state index < -0.39 is 5.41 Å². The smallest absolute Gasteiger partial charge is 0.0746 e. The van der Waals surface area contributed by atoms with E-state index in [9.17, 15) is 0 Å². The summed E-state index contributed by atoms with van der Waals surface area (Å²) in [6, 6.07) is 100. The summed E-state index contributed by atoms with van der Waals surface area (Å²) in [4.78, 5) is 4.91. The Bertz CT molecular complexity index is 3910. The van der Waals surface area contributed by atoms with Crippen LogP contribution >= 0.6 is 0 Å². The van der Waals surface area contributed by atoms with E-state index in [2.05, 4.69) is 287 Å². The van der Waals surface area contributed by atoms with Crippen LogP contribution in [0.25, 0.3) is 60.9 Å². The van der Waals surface area contributed by atoms with Gasteiger partial charge in [-0.05, 0) is 135 Å². The first-order valence-corrected chi connectivity index (χ1v) is 24.2. The molecule has 0 saturated heterocycles. The van der Waals surface area contributed by atoms with Gasteiger partial charge in [0.1, 0.15) is 0 Å². The highest BCUT2D eigenvalue weighted by Crippen LogP contribution is 2.66. The molecule has 328 valence electrons. The van der Waals surface area contributed by atoms with E-state index in [1.54, 1.807) is 0 Å². The van der Waals surface area contributed by atoms with Gasteiger partial charge in [0, 0.05) is 50.5 Å². The Morgan fingerprint density at radius 2 is 0.786 bits per heavy atom. The molecule has 70 heavy (non-hydrogen) atoms. The Kier molecular flexibility index (Phi) is 9.11. The molecule has 12 aromatic rings. The number of aromatic nitrogens is 1. The predicted molar refractivity (Wildman–Crippen MR) is 292 cm³/mol. The van der Waals surface area contributed by atoms with E-state index in [0.29, 0.717) is 0 Å². The van der Waals surface area contributed by atoms with Gasteiger partial charge in [0.2, 0.25) is 0 Å². The molecule has 14 rings (SSSR count). The summed E-state index contributed by atoms with van der Waals surface area (Å²) in [5, 5.41) is 2.45. The molecule has 11 aromatic carbocycles. The van der Waals surface area contributed by atoms with Gasteiger partial charge in [-0.2, -0.15) is 0 Å². The van der Waals surface area contributed by atoms with E-state index in [1.807, 2.05) is 0 Å². The van der Waals surface area contributed by atoms with E-state index in [4.69, 9.17) is 0 Å². The van der Waals surface area contributed by atoms with Gasteiger partial charge >= 0.3 is 0 Å². The molecule has 0 saturated carbocycles. The molecular formula is C67H45N3. The molecule has 0 aliphatic heterocycles. The number of nitrogens with zero attached hydrogens (tertiary/aromatic N) is 3. The first kappa shape index (κ1) is 39.9. The van der Waals surface area contributed by atoms with Gasteiger partial charge in [-0.3, -0.25) is 0 Å². The second-order valence-corrected chi connectivity index (χ2v) is 18.4. The summed E-state index contributed by atoms with van der Waals surface area (Å²) in [5.41, 5.74) is 22.0. The SMILES string of the molecule is c1ccc(-c2cccc(N(c3ccc4c5ccccc5n(-c5ccccc5)c4c3)c3cccc4c3C3(c5ccccc5-c5cc(N(c6ccccc6)c6ccccc6)ccc53)c3ccccc3-4)c2)cc1. The van der Waals surface area contributed by atoms with Crippen LogP contribution in [0.15, 0.2) is 273 Å². The lowest BCUT2D eigenvalue weighted by molar-refractivity contribution is 0.793. The molecule has 0 N–H and O–H groups in total. The van der Waals surface area contributed by atoms with Crippen molar-refractivity contribution < 1.29 is 0 Å². The van der Waals surface area contributed by atoms with Crippen molar-refractivity contribution in [3.05, 3.63) is 295 Å². The molecule has 2 aliphatic carbocycles. The summed E-state index contributed by atoms with van der Waals surface area (Å²) in [6.07, 6.45) is 0. The lowest BCUT2D eigenvalue weighted by atomic mass is 9.70. The zero-order valence-electron chi connectivity index (χ0n) is 38.3. The van der Waals surface area contributed by atoms with E-state index >= 15 is 0 Å². The lowest BCUT2D eigenvalue weighted by Gasteiger charge is -2.36. The molecule has 0 fully saturated rings. The molecule has 0 bridgehead atoms. The summed E-state index contributed by atoms with van der Waals surface area (Å²) < 4.78 is 2.43. The zero-order valence-corrected chi connectivity index (χ0v) is 38.3. The molecule has 3 nitrogen and oxygen atoms in total. The normalized spacial score (nSPS) is 14.1. The van der Waals surface area contributed by atoms with Crippen LogP contribution in [0.2, 0.25) is 0 Å². The Balaban J connectivity index is 1.06. The topological polar surface area (TPSA) is 11.4 Å². The van der Waals surface area contributed by atoms with Crippen LogP contribution in [0, 0.1) is 0 Å². The van der Waals surface area contributed by atoms with Gasteiger partial charge in [0.15, 0.2) is 0 Å². The Hall–Kier alpha value is -9.18. The second kappa shape index (κ2) is 16.0. The number of para-hydroxylation sites is 4. The van der Waals surface area contributed by atoms with Gasteiger partial charge in [-0.25, -0.2) is 0 Å². The third-order valence-electron chi connectivity index (χ3n) is 14.7. The number of hydrogen-bond donors (Lipinski definition) is 0. The fourth-order valence-corrected chi connectivity index (χ4v) is 11.9. The number of benzene rings is 11. The van der Waals surface area contributed by atoms with Crippen molar-refractivity contribution in [1.29, 1.82) is 0 Å².